The summed E-state index contributed by atoms with van der Waals surface area (Å²) in [6.07, 6.45) is 0. The molecule has 2 aromatic rings. The van der Waals surface area contributed by atoms with E-state index in [-0.39, 0.29) is 4.21 Å². The first-order valence-corrected chi connectivity index (χ1v) is 8.24. The number of thiophene rings is 1. The lowest BCUT2D eigenvalue weighted by atomic mass is 10.3. The third-order valence-corrected chi connectivity index (χ3v) is 5.63. The zero-order valence-electron chi connectivity index (χ0n) is 9.56. The molecule has 0 radical (unpaired) electrons. The van der Waals surface area contributed by atoms with Crippen LogP contribution in [0, 0.1) is 0 Å². The van der Waals surface area contributed by atoms with E-state index in [1.807, 2.05) is 0 Å². The first kappa shape index (κ1) is 14.6. The third-order valence-electron chi connectivity index (χ3n) is 2.22. The number of hydrogen-bond acceptors (Lipinski definition) is 4. The van der Waals surface area contributed by atoms with E-state index >= 15 is 0 Å². The zero-order chi connectivity index (χ0) is 14.0. The average Bonchev–Trinajstić information content (AvgIpc) is 2.75. The Morgan fingerprint density at radius 2 is 1.79 bits per heavy atom. The van der Waals surface area contributed by atoms with E-state index in [0.29, 0.717) is 22.3 Å². The topological polar surface area (TPSA) is 72.2 Å². The van der Waals surface area contributed by atoms with Gasteiger partial charge in [0.2, 0.25) is 0 Å². The van der Waals surface area contributed by atoms with Crippen LogP contribution in [0.25, 0.3) is 0 Å². The highest BCUT2D eigenvalue weighted by Crippen LogP contribution is 2.27. The lowest BCUT2D eigenvalue weighted by molar-refractivity contribution is 0.603. The van der Waals surface area contributed by atoms with Crippen LogP contribution < -0.4 is 10.5 Å². The van der Waals surface area contributed by atoms with Gasteiger partial charge in [-0.1, -0.05) is 23.2 Å². The predicted octanol–water partition coefficient (Wildman–Crippen LogP) is 3.31. The Kier molecular flexibility index (Phi) is 4.37. The molecular weight excluding hydrogens is 327 g/mol. The summed E-state index contributed by atoms with van der Waals surface area (Å²) in [6.45, 7) is 0.309. The smallest absolute Gasteiger partial charge is 0.271 e. The summed E-state index contributed by atoms with van der Waals surface area (Å²) in [5.41, 5.74) is 5.78. The zero-order valence-corrected chi connectivity index (χ0v) is 12.7. The minimum Gasteiger partial charge on any atom is -0.326 e. The number of benzene rings is 1. The molecular formula is C11H10Cl2N2O2S2. The van der Waals surface area contributed by atoms with Crippen molar-refractivity contribution in [1.82, 2.24) is 0 Å². The first-order chi connectivity index (χ1) is 8.90. The van der Waals surface area contributed by atoms with Crippen LogP contribution in [0.5, 0.6) is 0 Å². The summed E-state index contributed by atoms with van der Waals surface area (Å²) in [4.78, 5) is 0.796. The van der Waals surface area contributed by atoms with E-state index in [9.17, 15) is 8.42 Å². The van der Waals surface area contributed by atoms with Gasteiger partial charge < -0.3 is 5.73 Å². The molecule has 2 rings (SSSR count). The SMILES string of the molecule is NCc1ccc(S(=O)(=O)Nc2cc(Cl)cc(Cl)c2)s1. The number of halogens is 2. The van der Waals surface area contributed by atoms with Crippen molar-refractivity contribution in [3.05, 3.63) is 45.3 Å². The van der Waals surface area contributed by atoms with Crippen molar-refractivity contribution in [2.45, 2.75) is 10.8 Å². The van der Waals surface area contributed by atoms with Crippen LogP contribution in [0.1, 0.15) is 4.88 Å². The maximum Gasteiger partial charge on any atom is 0.271 e. The summed E-state index contributed by atoms with van der Waals surface area (Å²) in [6, 6.07) is 7.70. The van der Waals surface area contributed by atoms with Crippen molar-refractivity contribution < 1.29 is 8.42 Å². The molecule has 0 spiro atoms. The summed E-state index contributed by atoms with van der Waals surface area (Å²) in [5, 5.41) is 0.720. The molecule has 0 aliphatic heterocycles. The molecule has 1 aromatic heterocycles. The Balaban J connectivity index is 2.30. The molecule has 102 valence electrons. The largest absolute Gasteiger partial charge is 0.326 e. The molecule has 1 aromatic carbocycles. The van der Waals surface area contributed by atoms with E-state index in [2.05, 4.69) is 4.72 Å². The predicted molar refractivity (Wildman–Crippen MR) is 79.5 cm³/mol. The minimum atomic E-state index is -3.64. The van der Waals surface area contributed by atoms with Crippen molar-refractivity contribution in [3.8, 4) is 0 Å². The molecule has 0 bridgehead atoms. The van der Waals surface area contributed by atoms with E-state index < -0.39 is 10.0 Å². The molecule has 0 amide bonds. The summed E-state index contributed by atoms with van der Waals surface area (Å²) in [7, 11) is -3.64. The molecule has 0 aliphatic rings. The second-order valence-electron chi connectivity index (χ2n) is 3.69. The standard InChI is InChI=1S/C11H10Cl2N2O2S2/c12-7-3-8(13)5-9(4-7)15-19(16,17)11-2-1-10(6-14)18-11/h1-5,15H,6,14H2. The van der Waals surface area contributed by atoms with Crippen LogP contribution in [-0.4, -0.2) is 8.42 Å². The van der Waals surface area contributed by atoms with Gasteiger partial charge in [0, 0.05) is 21.5 Å². The Morgan fingerprint density at radius 3 is 2.32 bits per heavy atom. The molecule has 0 saturated carbocycles. The Morgan fingerprint density at radius 1 is 1.16 bits per heavy atom. The van der Waals surface area contributed by atoms with E-state index in [4.69, 9.17) is 28.9 Å². The van der Waals surface area contributed by atoms with Gasteiger partial charge in [0.05, 0.1) is 5.69 Å². The summed E-state index contributed by atoms with van der Waals surface area (Å²) >= 11 is 12.8. The van der Waals surface area contributed by atoms with Crippen molar-refractivity contribution in [2.75, 3.05) is 4.72 Å². The fourth-order valence-corrected chi connectivity index (χ4v) is 4.23. The molecule has 1 heterocycles. The van der Waals surface area contributed by atoms with Gasteiger partial charge in [-0.05, 0) is 30.3 Å². The van der Waals surface area contributed by atoms with Crippen LogP contribution in [0.4, 0.5) is 5.69 Å². The van der Waals surface area contributed by atoms with Crippen LogP contribution in [0.3, 0.4) is 0 Å². The van der Waals surface area contributed by atoms with Crippen molar-refractivity contribution in [2.24, 2.45) is 5.73 Å². The number of nitrogens with two attached hydrogens (primary N) is 1. The fourth-order valence-electron chi connectivity index (χ4n) is 1.43. The Bertz CT molecular complexity index is 678. The molecule has 19 heavy (non-hydrogen) atoms. The second-order valence-corrected chi connectivity index (χ2v) is 7.64. The number of nitrogens with one attached hydrogen (secondary N) is 1. The quantitative estimate of drug-likeness (QED) is 0.899. The van der Waals surface area contributed by atoms with Gasteiger partial charge in [-0.15, -0.1) is 11.3 Å². The van der Waals surface area contributed by atoms with Crippen LogP contribution in [-0.2, 0) is 16.6 Å². The first-order valence-electron chi connectivity index (χ1n) is 5.18. The van der Waals surface area contributed by atoms with Crippen LogP contribution in [0.15, 0.2) is 34.5 Å². The molecule has 0 aliphatic carbocycles. The number of anilines is 1. The van der Waals surface area contributed by atoms with Crippen LogP contribution in [0.2, 0.25) is 10.0 Å². The van der Waals surface area contributed by atoms with Gasteiger partial charge in [-0.3, -0.25) is 4.72 Å². The van der Waals surface area contributed by atoms with E-state index in [0.717, 1.165) is 16.2 Å². The Labute approximate surface area is 125 Å². The highest BCUT2D eigenvalue weighted by molar-refractivity contribution is 7.94. The molecule has 4 nitrogen and oxygen atoms in total. The van der Waals surface area contributed by atoms with Gasteiger partial charge in [-0.25, -0.2) is 8.42 Å². The maximum atomic E-state index is 12.1. The lowest BCUT2D eigenvalue weighted by Crippen LogP contribution is -2.11. The van der Waals surface area contributed by atoms with Crippen molar-refractivity contribution in [1.29, 1.82) is 0 Å². The number of sulfonamides is 1. The highest BCUT2D eigenvalue weighted by atomic mass is 35.5. The minimum absolute atomic E-state index is 0.198. The molecule has 3 N–H and O–H groups in total. The summed E-state index contributed by atoms with van der Waals surface area (Å²) in [5.74, 6) is 0. The van der Waals surface area contributed by atoms with Crippen molar-refractivity contribution >= 4 is 50.2 Å². The van der Waals surface area contributed by atoms with Gasteiger partial charge in [0.15, 0.2) is 0 Å². The molecule has 0 unspecified atom stereocenters. The molecule has 8 heteroatoms. The highest BCUT2D eigenvalue weighted by Gasteiger charge is 2.17. The van der Waals surface area contributed by atoms with Gasteiger partial charge in [0.1, 0.15) is 4.21 Å². The van der Waals surface area contributed by atoms with Crippen LogP contribution >= 0.6 is 34.5 Å². The van der Waals surface area contributed by atoms with Crippen molar-refractivity contribution in [3.63, 3.8) is 0 Å². The molecule has 0 saturated heterocycles. The monoisotopic (exact) mass is 336 g/mol. The Hall–Kier alpha value is -0.790. The summed E-state index contributed by atoms with van der Waals surface area (Å²) < 4.78 is 26.9. The normalized spacial score (nSPS) is 11.5. The number of hydrogen-bond donors (Lipinski definition) is 2. The number of rotatable bonds is 4. The lowest BCUT2D eigenvalue weighted by Gasteiger charge is -2.07. The maximum absolute atomic E-state index is 12.1. The second kappa shape index (κ2) is 5.68. The van der Waals surface area contributed by atoms with Gasteiger partial charge in [0.25, 0.3) is 10.0 Å². The molecule has 0 atom stereocenters. The third kappa shape index (κ3) is 3.61. The van der Waals surface area contributed by atoms with Gasteiger partial charge in [-0.2, -0.15) is 0 Å². The van der Waals surface area contributed by atoms with E-state index in [1.165, 1.54) is 24.3 Å². The molecule has 0 fully saturated rings. The van der Waals surface area contributed by atoms with Gasteiger partial charge >= 0.3 is 0 Å². The van der Waals surface area contributed by atoms with E-state index in [1.54, 1.807) is 6.07 Å². The average molecular weight is 337 g/mol. The fraction of sp³-hybridized carbons (Fsp3) is 0.0909.